The third-order valence-electron chi connectivity index (χ3n) is 1.68. The number of aliphatic hydroxyl groups excluding tert-OH is 1. The van der Waals surface area contributed by atoms with E-state index in [0.29, 0.717) is 0 Å². The minimum atomic E-state index is -1.22. The molecule has 0 aliphatic carbocycles. The smallest absolute Gasteiger partial charge is 0.156 e. The van der Waals surface area contributed by atoms with Crippen LogP contribution in [0.1, 0.15) is 41.0 Å². The van der Waals surface area contributed by atoms with Gasteiger partial charge in [0.15, 0.2) is 6.29 Å². The van der Waals surface area contributed by atoms with E-state index < -0.39 is 11.7 Å². The molecule has 2 N–H and O–H groups in total. The van der Waals surface area contributed by atoms with Crippen LogP contribution < -0.4 is 0 Å². The molecule has 0 rings (SSSR count). The van der Waals surface area contributed by atoms with Gasteiger partial charge in [-0.3, -0.25) is 0 Å². The first kappa shape index (κ1) is 10.9. The van der Waals surface area contributed by atoms with Crippen LogP contribution in [-0.2, 0) is 0 Å². The first-order valence-corrected chi connectivity index (χ1v) is 4.01. The average molecular weight is 160 g/mol. The van der Waals surface area contributed by atoms with Crippen LogP contribution in [0.5, 0.6) is 0 Å². The fraction of sp³-hybridized carbons (Fsp3) is 1.00. The molecule has 0 radical (unpaired) electrons. The van der Waals surface area contributed by atoms with Crippen LogP contribution in [0, 0.1) is 10.8 Å². The minimum Gasteiger partial charge on any atom is -0.368 e. The van der Waals surface area contributed by atoms with E-state index in [1.165, 1.54) is 0 Å². The van der Waals surface area contributed by atoms with Crippen molar-refractivity contribution in [3.63, 3.8) is 0 Å². The molecule has 0 aliphatic rings. The van der Waals surface area contributed by atoms with Crippen LogP contribution in [0.3, 0.4) is 0 Å². The molecule has 0 aromatic rings. The van der Waals surface area contributed by atoms with E-state index in [4.69, 9.17) is 10.2 Å². The van der Waals surface area contributed by atoms with Gasteiger partial charge in [0.05, 0.1) is 0 Å². The van der Waals surface area contributed by atoms with Crippen molar-refractivity contribution < 1.29 is 10.2 Å². The summed E-state index contributed by atoms with van der Waals surface area (Å²) in [5.41, 5.74) is -0.258. The van der Waals surface area contributed by atoms with Gasteiger partial charge in [-0.2, -0.15) is 0 Å². The van der Waals surface area contributed by atoms with Crippen LogP contribution in [0.25, 0.3) is 0 Å². The van der Waals surface area contributed by atoms with E-state index in [2.05, 4.69) is 20.8 Å². The monoisotopic (exact) mass is 160 g/mol. The largest absolute Gasteiger partial charge is 0.368 e. The molecule has 0 heterocycles. The Balaban J connectivity index is 4.13. The Labute approximate surface area is 69.2 Å². The molecule has 68 valence electrons. The summed E-state index contributed by atoms with van der Waals surface area (Å²) in [4.78, 5) is 0. The molecule has 0 saturated heterocycles. The van der Waals surface area contributed by atoms with Gasteiger partial charge in [0.1, 0.15) is 0 Å². The topological polar surface area (TPSA) is 40.5 Å². The number of hydrogen-bond donors (Lipinski definition) is 2. The lowest BCUT2D eigenvalue weighted by Gasteiger charge is -2.33. The normalized spacial score (nSPS) is 14.2. The Morgan fingerprint density at radius 2 is 1.36 bits per heavy atom. The maximum Gasteiger partial charge on any atom is 0.156 e. The second-order valence-electron chi connectivity index (χ2n) is 5.10. The van der Waals surface area contributed by atoms with Crippen molar-refractivity contribution in [2.24, 2.45) is 10.8 Å². The van der Waals surface area contributed by atoms with Crippen LogP contribution in [0.2, 0.25) is 0 Å². The Bertz CT molecular complexity index is 120. The molecule has 2 nitrogen and oxygen atoms in total. The van der Waals surface area contributed by atoms with Gasteiger partial charge >= 0.3 is 0 Å². The predicted octanol–water partition coefficient (Wildman–Crippen LogP) is 1.76. The van der Waals surface area contributed by atoms with E-state index in [-0.39, 0.29) is 5.41 Å². The molecule has 0 aromatic heterocycles. The number of rotatable bonds is 2. The van der Waals surface area contributed by atoms with Gasteiger partial charge in [-0.25, -0.2) is 0 Å². The van der Waals surface area contributed by atoms with E-state index in [1.807, 2.05) is 13.8 Å². The number of hydrogen-bond acceptors (Lipinski definition) is 2. The maximum absolute atomic E-state index is 9.00. The Morgan fingerprint density at radius 3 is 1.45 bits per heavy atom. The standard InChI is InChI=1S/C9H20O2/c1-8(2,3)6-9(4,5)7(10)11/h7,10-11H,6H2,1-5H3. The second kappa shape index (κ2) is 3.11. The van der Waals surface area contributed by atoms with Crippen LogP contribution in [0.4, 0.5) is 0 Å². The summed E-state index contributed by atoms with van der Waals surface area (Å²) in [5.74, 6) is 0. The van der Waals surface area contributed by atoms with Crippen molar-refractivity contribution in [2.75, 3.05) is 0 Å². The van der Waals surface area contributed by atoms with Gasteiger partial charge < -0.3 is 10.2 Å². The molecule has 0 amide bonds. The Hall–Kier alpha value is -0.0800. The molecule has 2 heteroatoms. The van der Waals surface area contributed by atoms with Gasteiger partial charge in [-0.1, -0.05) is 34.6 Å². The van der Waals surface area contributed by atoms with E-state index in [9.17, 15) is 0 Å². The molecule has 0 aliphatic heterocycles. The van der Waals surface area contributed by atoms with Crippen LogP contribution in [0.15, 0.2) is 0 Å². The summed E-state index contributed by atoms with van der Waals surface area (Å²) in [5, 5.41) is 18.0. The van der Waals surface area contributed by atoms with Crippen molar-refractivity contribution >= 4 is 0 Å². The number of aliphatic hydroxyl groups is 2. The molecular weight excluding hydrogens is 140 g/mol. The van der Waals surface area contributed by atoms with Crippen LogP contribution in [-0.4, -0.2) is 16.5 Å². The van der Waals surface area contributed by atoms with Crippen molar-refractivity contribution in [2.45, 2.75) is 47.3 Å². The van der Waals surface area contributed by atoms with Crippen LogP contribution >= 0.6 is 0 Å². The third kappa shape index (κ3) is 4.38. The van der Waals surface area contributed by atoms with Gasteiger partial charge in [0, 0.05) is 5.41 Å². The quantitative estimate of drug-likeness (QED) is 0.604. The molecular formula is C9H20O2. The molecule has 11 heavy (non-hydrogen) atoms. The maximum atomic E-state index is 9.00. The zero-order chi connectivity index (χ0) is 9.28. The highest BCUT2D eigenvalue weighted by atomic mass is 16.5. The van der Waals surface area contributed by atoms with Crippen molar-refractivity contribution in [3.8, 4) is 0 Å². The third-order valence-corrected chi connectivity index (χ3v) is 1.68. The Kier molecular flexibility index (Phi) is 3.09. The molecule has 0 spiro atoms. The minimum absolute atomic E-state index is 0.146. The molecule has 0 unspecified atom stereocenters. The summed E-state index contributed by atoms with van der Waals surface area (Å²) in [6, 6.07) is 0. The molecule has 0 fully saturated rings. The molecule has 0 aromatic carbocycles. The second-order valence-corrected chi connectivity index (χ2v) is 5.10. The summed E-state index contributed by atoms with van der Waals surface area (Å²) in [6.45, 7) is 10.0. The van der Waals surface area contributed by atoms with E-state index in [1.54, 1.807) is 0 Å². The van der Waals surface area contributed by atoms with E-state index in [0.717, 1.165) is 6.42 Å². The highest BCUT2D eigenvalue weighted by Gasteiger charge is 2.30. The lowest BCUT2D eigenvalue weighted by atomic mass is 9.76. The molecule has 0 bridgehead atoms. The van der Waals surface area contributed by atoms with Crippen molar-refractivity contribution in [1.29, 1.82) is 0 Å². The lowest BCUT2D eigenvalue weighted by molar-refractivity contribution is -0.132. The molecule has 0 saturated carbocycles. The zero-order valence-electron chi connectivity index (χ0n) is 8.18. The van der Waals surface area contributed by atoms with Gasteiger partial charge in [0.25, 0.3) is 0 Å². The van der Waals surface area contributed by atoms with E-state index >= 15 is 0 Å². The average Bonchev–Trinajstić information content (AvgIpc) is 1.56. The SMILES string of the molecule is CC(C)(C)CC(C)(C)C(O)O. The predicted molar refractivity (Wildman–Crippen MR) is 46.1 cm³/mol. The zero-order valence-corrected chi connectivity index (χ0v) is 8.18. The van der Waals surface area contributed by atoms with Gasteiger partial charge in [-0.05, 0) is 11.8 Å². The van der Waals surface area contributed by atoms with Gasteiger partial charge in [0.2, 0.25) is 0 Å². The van der Waals surface area contributed by atoms with Crippen molar-refractivity contribution in [3.05, 3.63) is 0 Å². The first-order chi connectivity index (χ1) is 4.65. The first-order valence-electron chi connectivity index (χ1n) is 4.01. The summed E-state index contributed by atoms with van der Waals surface area (Å²) >= 11 is 0. The van der Waals surface area contributed by atoms with Crippen molar-refractivity contribution in [1.82, 2.24) is 0 Å². The summed E-state index contributed by atoms with van der Waals surface area (Å²) in [6.07, 6.45) is -0.417. The Morgan fingerprint density at radius 1 is 1.00 bits per heavy atom. The summed E-state index contributed by atoms with van der Waals surface area (Å²) in [7, 11) is 0. The van der Waals surface area contributed by atoms with Gasteiger partial charge in [-0.15, -0.1) is 0 Å². The fourth-order valence-electron chi connectivity index (χ4n) is 1.46. The molecule has 0 atom stereocenters. The summed E-state index contributed by atoms with van der Waals surface area (Å²) < 4.78 is 0. The highest BCUT2D eigenvalue weighted by Crippen LogP contribution is 2.34. The lowest BCUT2D eigenvalue weighted by Crippen LogP contribution is -2.32. The highest BCUT2D eigenvalue weighted by molar-refractivity contribution is 4.77. The fourth-order valence-corrected chi connectivity index (χ4v) is 1.46.